The van der Waals surface area contributed by atoms with Gasteiger partial charge in [0.2, 0.25) is 0 Å². The number of methoxy groups -OCH3 is 1. The van der Waals surface area contributed by atoms with E-state index < -0.39 is 6.10 Å². The minimum Gasteiger partial charge on any atom is -0.397 e. The number of aromatic nitrogens is 1. The van der Waals surface area contributed by atoms with Gasteiger partial charge in [-0.1, -0.05) is 18.2 Å². The summed E-state index contributed by atoms with van der Waals surface area (Å²) in [6.45, 7) is 0. The molecule has 7 heteroatoms. The Bertz CT molecular complexity index is 990. The molecule has 7 nitrogen and oxygen atoms in total. The number of hydrogen-bond donors (Lipinski definition) is 2. The topological polar surface area (TPSA) is 97.5 Å². The number of rotatable bonds is 6. The first-order chi connectivity index (χ1) is 14.0. The van der Waals surface area contributed by atoms with Gasteiger partial charge in [0, 0.05) is 43.4 Å². The highest BCUT2D eigenvalue weighted by Crippen LogP contribution is 2.23. The van der Waals surface area contributed by atoms with Gasteiger partial charge in [0.1, 0.15) is 0 Å². The Kier molecular flexibility index (Phi) is 6.21. The SMILES string of the molecule is COC(C(=O)N(C)c1ccc(C(=O)Nc2ccccc2N)cc1)c1cccnc1. The molecule has 0 aliphatic carbocycles. The summed E-state index contributed by atoms with van der Waals surface area (Å²) in [5.74, 6) is -0.525. The van der Waals surface area contributed by atoms with E-state index in [-0.39, 0.29) is 11.8 Å². The Balaban J connectivity index is 1.72. The zero-order valence-electron chi connectivity index (χ0n) is 16.2. The summed E-state index contributed by atoms with van der Waals surface area (Å²) >= 11 is 0. The van der Waals surface area contributed by atoms with Crippen LogP contribution in [0, 0.1) is 0 Å². The predicted octanol–water partition coefficient (Wildman–Crippen LogP) is 3.27. The van der Waals surface area contributed by atoms with Gasteiger partial charge in [-0.25, -0.2) is 0 Å². The third-order valence-corrected chi connectivity index (χ3v) is 4.50. The molecule has 3 N–H and O–H groups in total. The van der Waals surface area contributed by atoms with Crippen molar-refractivity contribution < 1.29 is 14.3 Å². The van der Waals surface area contributed by atoms with E-state index in [1.54, 1.807) is 80.1 Å². The summed E-state index contributed by atoms with van der Waals surface area (Å²) < 4.78 is 5.37. The second-order valence-corrected chi connectivity index (χ2v) is 6.39. The van der Waals surface area contributed by atoms with Crippen molar-refractivity contribution in [3.8, 4) is 0 Å². The van der Waals surface area contributed by atoms with Gasteiger partial charge in [-0.15, -0.1) is 0 Å². The highest BCUT2D eigenvalue weighted by molar-refractivity contribution is 6.06. The van der Waals surface area contributed by atoms with Crippen molar-refractivity contribution in [2.24, 2.45) is 0 Å². The number of para-hydroxylation sites is 2. The number of amides is 2. The standard InChI is InChI=1S/C22H22N4O3/c1-26(22(28)20(29-2)16-6-5-13-24-14-16)17-11-9-15(10-12-17)21(27)25-19-8-4-3-7-18(19)23/h3-14,20H,23H2,1-2H3,(H,25,27). The summed E-state index contributed by atoms with van der Waals surface area (Å²) in [6.07, 6.45) is 2.47. The van der Waals surface area contributed by atoms with Crippen molar-refractivity contribution in [2.45, 2.75) is 6.10 Å². The molecule has 3 aromatic rings. The van der Waals surface area contributed by atoms with E-state index in [2.05, 4.69) is 10.3 Å². The lowest BCUT2D eigenvalue weighted by atomic mass is 10.1. The number of pyridine rings is 1. The van der Waals surface area contributed by atoms with Crippen LogP contribution in [0.5, 0.6) is 0 Å². The number of ether oxygens (including phenoxy) is 1. The minimum absolute atomic E-state index is 0.241. The average Bonchev–Trinajstić information content (AvgIpc) is 2.76. The lowest BCUT2D eigenvalue weighted by Crippen LogP contribution is -2.32. The molecule has 148 valence electrons. The maximum atomic E-state index is 12.9. The normalized spacial score (nSPS) is 11.5. The van der Waals surface area contributed by atoms with E-state index in [9.17, 15) is 9.59 Å². The zero-order valence-corrected chi connectivity index (χ0v) is 16.2. The number of carbonyl (C=O) groups excluding carboxylic acids is 2. The molecule has 1 atom stereocenters. The van der Waals surface area contributed by atoms with Gasteiger partial charge in [0.15, 0.2) is 6.10 Å². The number of likely N-dealkylation sites (N-methyl/N-ethyl adjacent to an activating group) is 1. The van der Waals surface area contributed by atoms with Gasteiger partial charge in [-0.2, -0.15) is 0 Å². The summed E-state index contributed by atoms with van der Waals surface area (Å²) in [4.78, 5) is 30.8. The number of nitrogens with one attached hydrogen (secondary N) is 1. The van der Waals surface area contributed by atoms with Crippen molar-refractivity contribution in [1.82, 2.24) is 4.98 Å². The second-order valence-electron chi connectivity index (χ2n) is 6.39. The van der Waals surface area contributed by atoms with Gasteiger partial charge in [-0.3, -0.25) is 14.6 Å². The van der Waals surface area contributed by atoms with E-state index in [4.69, 9.17) is 10.5 Å². The largest absolute Gasteiger partial charge is 0.397 e. The predicted molar refractivity (Wildman–Crippen MR) is 113 cm³/mol. The third kappa shape index (κ3) is 4.59. The lowest BCUT2D eigenvalue weighted by Gasteiger charge is -2.23. The molecule has 2 amide bonds. The molecule has 2 aromatic carbocycles. The first-order valence-corrected chi connectivity index (χ1v) is 8.97. The Labute approximate surface area is 169 Å². The number of nitrogens with two attached hydrogens (primary N) is 1. The van der Waals surface area contributed by atoms with Crippen LogP contribution < -0.4 is 16.0 Å². The van der Waals surface area contributed by atoms with Crippen LogP contribution in [0.25, 0.3) is 0 Å². The van der Waals surface area contributed by atoms with Crippen molar-refractivity contribution >= 4 is 28.9 Å². The first-order valence-electron chi connectivity index (χ1n) is 8.97. The molecule has 0 saturated heterocycles. The fourth-order valence-corrected chi connectivity index (χ4v) is 2.86. The van der Waals surface area contributed by atoms with Crippen molar-refractivity contribution in [2.75, 3.05) is 30.1 Å². The van der Waals surface area contributed by atoms with Crippen LogP contribution in [0.3, 0.4) is 0 Å². The molecule has 29 heavy (non-hydrogen) atoms. The van der Waals surface area contributed by atoms with E-state index >= 15 is 0 Å². The quantitative estimate of drug-likeness (QED) is 0.630. The molecule has 0 radical (unpaired) electrons. The molecule has 0 saturated carbocycles. The number of nitrogens with zero attached hydrogens (tertiary/aromatic N) is 2. The lowest BCUT2D eigenvalue weighted by molar-refractivity contribution is -0.128. The zero-order chi connectivity index (χ0) is 20.8. The molecule has 0 spiro atoms. The Morgan fingerprint density at radius 2 is 1.79 bits per heavy atom. The maximum absolute atomic E-state index is 12.9. The van der Waals surface area contributed by atoms with Crippen LogP contribution in [0.2, 0.25) is 0 Å². The number of hydrogen-bond acceptors (Lipinski definition) is 5. The second kappa shape index (κ2) is 8.99. The Morgan fingerprint density at radius 3 is 2.41 bits per heavy atom. The maximum Gasteiger partial charge on any atom is 0.260 e. The highest BCUT2D eigenvalue weighted by Gasteiger charge is 2.24. The van der Waals surface area contributed by atoms with Gasteiger partial charge < -0.3 is 20.7 Å². The molecule has 0 aliphatic heterocycles. The molecule has 1 heterocycles. The van der Waals surface area contributed by atoms with E-state index in [1.807, 2.05) is 0 Å². The fourth-order valence-electron chi connectivity index (χ4n) is 2.86. The van der Waals surface area contributed by atoms with Gasteiger partial charge in [0.05, 0.1) is 11.4 Å². The molecule has 1 aromatic heterocycles. The number of nitrogen functional groups attached to an aromatic ring is 1. The van der Waals surface area contributed by atoms with Crippen LogP contribution >= 0.6 is 0 Å². The van der Waals surface area contributed by atoms with E-state index in [0.29, 0.717) is 28.2 Å². The first kappa shape index (κ1) is 20.0. The van der Waals surface area contributed by atoms with Crippen LogP contribution in [-0.2, 0) is 9.53 Å². The third-order valence-electron chi connectivity index (χ3n) is 4.50. The Hall–Kier alpha value is -3.71. The summed E-state index contributed by atoms with van der Waals surface area (Å²) in [5.41, 5.74) is 8.66. The summed E-state index contributed by atoms with van der Waals surface area (Å²) in [5, 5.41) is 2.78. The van der Waals surface area contributed by atoms with Crippen LogP contribution in [0.15, 0.2) is 73.1 Å². The monoisotopic (exact) mass is 390 g/mol. The van der Waals surface area contributed by atoms with Crippen molar-refractivity contribution in [3.05, 3.63) is 84.2 Å². The number of anilines is 3. The highest BCUT2D eigenvalue weighted by atomic mass is 16.5. The minimum atomic E-state index is -0.766. The average molecular weight is 390 g/mol. The van der Waals surface area contributed by atoms with Gasteiger partial charge in [-0.05, 0) is 42.5 Å². The van der Waals surface area contributed by atoms with Crippen LogP contribution in [0.4, 0.5) is 17.1 Å². The molecule has 0 fully saturated rings. The van der Waals surface area contributed by atoms with Crippen LogP contribution in [0.1, 0.15) is 22.0 Å². The van der Waals surface area contributed by atoms with Gasteiger partial charge in [0.25, 0.3) is 11.8 Å². The van der Waals surface area contributed by atoms with Gasteiger partial charge >= 0.3 is 0 Å². The van der Waals surface area contributed by atoms with Crippen LogP contribution in [-0.4, -0.2) is 31.0 Å². The smallest absolute Gasteiger partial charge is 0.260 e. The van der Waals surface area contributed by atoms with Crippen molar-refractivity contribution in [1.29, 1.82) is 0 Å². The molecule has 0 aliphatic rings. The number of benzene rings is 2. The molecular formula is C22H22N4O3. The van der Waals surface area contributed by atoms with E-state index in [1.165, 1.54) is 12.0 Å². The van der Waals surface area contributed by atoms with E-state index in [0.717, 1.165) is 0 Å². The number of carbonyl (C=O) groups is 2. The summed E-state index contributed by atoms with van der Waals surface area (Å²) in [7, 11) is 3.14. The Morgan fingerprint density at radius 1 is 1.07 bits per heavy atom. The molecule has 1 unspecified atom stereocenters. The summed E-state index contributed by atoms with van der Waals surface area (Å²) in [6, 6.07) is 17.3. The molecular weight excluding hydrogens is 368 g/mol. The fraction of sp³-hybridized carbons (Fsp3) is 0.136. The molecule has 0 bridgehead atoms. The molecule has 3 rings (SSSR count). The van der Waals surface area contributed by atoms with Crippen molar-refractivity contribution in [3.63, 3.8) is 0 Å².